The lowest BCUT2D eigenvalue weighted by molar-refractivity contribution is 0.0373. The zero-order valence-electron chi connectivity index (χ0n) is 15.8. The topological polar surface area (TPSA) is 40.1 Å². The van der Waals surface area contributed by atoms with Gasteiger partial charge in [0, 0.05) is 39.3 Å². The number of unbranched alkanes of at least 4 members (excludes halogenated alkanes) is 1. The minimum atomic E-state index is 0. The summed E-state index contributed by atoms with van der Waals surface area (Å²) in [6.07, 6.45) is 3.75. The number of ether oxygens (including phenoxy) is 1. The molecule has 0 radical (unpaired) electrons. The van der Waals surface area contributed by atoms with Gasteiger partial charge in [-0.05, 0) is 44.6 Å². The Balaban J connectivity index is 0.00000288. The average Bonchev–Trinajstić information content (AvgIpc) is 2.53. The van der Waals surface area contributed by atoms with E-state index in [-0.39, 0.29) is 24.0 Å². The van der Waals surface area contributed by atoms with Gasteiger partial charge in [0.05, 0.1) is 13.2 Å². The summed E-state index contributed by atoms with van der Waals surface area (Å²) in [5, 5.41) is 3.48. The lowest BCUT2D eigenvalue weighted by atomic mass is 9.92. The number of aliphatic imine (C=N–C) groups is 1. The van der Waals surface area contributed by atoms with Gasteiger partial charge in [-0.3, -0.25) is 9.89 Å². The smallest absolute Gasteiger partial charge is 0.193 e. The van der Waals surface area contributed by atoms with Gasteiger partial charge < -0.3 is 15.0 Å². The summed E-state index contributed by atoms with van der Waals surface area (Å²) in [5.41, 5.74) is 0. The molecule has 0 amide bonds. The van der Waals surface area contributed by atoms with E-state index >= 15 is 0 Å². The Bertz CT molecular complexity index is 351. The first-order valence-corrected chi connectivity index (χ1v) is 9.52. The van der Waals surface area contributed by atoms with Crippen LogP contribution < -0.4 is 5.32 Å². The monoisotopic (exact) mass is 452 g/mol. The maximum absolute atomic E-state index is 5.39. The number of nitrogens with zero attached hydrogens (tertiary/aromatic N) is 3. The highest BCUT2D eigenvalue weighted by atomic mass is 127. The molecule has 0 spiro atoms. The Hall–Kier alpha value is -0.0800. The third-order valence-corrected chi connectivity index (χ3v) is 4.75. The zero-order valence-corrected chi connectivity index (χ0v) is 18.1. The fourth-order valence-corrected chi connectivity index (χ4v) is 3.72. The Morgan fingerprint density at radius 1 is 1.12 bits per heavy atom. The van der Waals surface area contributed by atoms with E-state index in [4.69, 9.17) is 9.73 Å². The molecule has 2 unspecified atom stereocenters. The number of morpholine rings is 1. The number of nitrogens with one attached hydrogen (secondary N) is 1. The van der Waals surface area contributed by atoms with Crippen LogP contribution >= 0.6 is 24.0 Å². The molecule has 5 nitrogen and oxygen atoms in total. The van der Waals surface area contributed by atoms with Gasteiger partial charge in [0.15, 0.2) is 5.96 Å². The van der Waals surface area contributed by atoms with E-state index in [0.29, 0.717) is 0 Å². The van der Waals surface area contributed by atoms with Crippen molar-refractivity contribution >= 4 is 29.9 Å². The molecule has 142 valence electrons. The van der Waals surface area contributed by atoms with Gasteiger partial charge >= 0.3 is 0 Å². The predicted molar refractivity (Wildman–Crippen MR) is 112 cm³/mol. The van der Waals surface area contributed by atoms with Gasteiger partial charge in [0.25, 0.3) is 0 Å². The quantitative estimate of drug-likeness (QED) is 0.291. The van der Waals surface area contributed by atoms with E-state index in [1.165, 1.54) is 25.8 Å². The first-order chi connectivity index (χ1) is 11.2. The Kier molecular flexibility index (Phi) is 11.3. The summed E-state index contributed by atoms with van der Waals surface area (Å²) in [6, 6.07) is 0. The maximum atomic E-state index is 5.39. The lowest BCUT2D eigenvalue weighted by Gasteiger charge is -2.37. The summed E-state index contributed by atoms with van der Waals surface area (Å²) in [7, 11) is 0. The van der Waals surface area contributed by atoms with E-state index < -0.39 is 0 Å². The highest BCUT2D eigenvalue weighted by Crippen LogP contribution is 2.20. The van der Waals surface area contributed by atoms with E-state index in [9.17, 15) is 0 Å². The molecule has 2 aliphatic rings. The molecule has 0 aromatic carbocycles. The number of rotatable bonds is 6. The molecule has 2 heterocycles. The highest BCUT2D eigenvalue weighted by Gasteiger charge is 2.23. The molecule has 2 atom stereocenters. The highest BCUT2D eigenvalue weighted by molar-refractivity contribution is 14.0. The second-order valence-electron chi connectivity index (χ2n) is 7.25. The van der Waals surface area contributed by atoms with Crippen molar-refractivity contribution in [3.8, 4) is 0 Å². The summed E-state index contributed by atoms with van der Waals surface area (Å²) < 4.78 is 5.39. The number of hydrogen-bond donors (Lipinski definition) is 1. The van der Waals surface area contributed by atoms with Crippen LogP contribution in [0.1, 0.15) is 40.0 Å². The maximum Gasteiger partial charge on any atom is 0.193 e. The number of guanidine groups is 1. The molecular formula is C18H37IN4O. The van der Waals surface area contributed by atoms with Crippen LogP contribution in [0.2, 0.25) is 0 Å². The molecule has 2 saturated heterocycles. The molecule has 24 heavy (non-hydrogen) atoms. The molecule has 2 fully saturated rings. The van der Waals surface area contributed by atoms with Crippen molar-refractivity contribution in [3.63, 3.8) is 0 Å². The molecule has 6 heteroatoms. The normalized spacial score (nSPS) is 26.1. The SMILES string of the molecule is CCNC(=NCCCCN1CCOCC1)N1CC(C)CC(C)C1.I. The van der Waals surface area contributed by atoms with Crippen molar-refractivity contribution < 1.29 is 4.74 Å². The third-order valence-electron chi connectivity index (χ3n) is 4.75. The van der Waals surface area contributed by atoms with Gasteiger partial charge in [-0.15, -0.1) is 24.0 Å². The molecular weight excluding hydrogens is 415 g/mol. The average molecular weight is 452 g/mol. The molecule has 1 N–H and O–H groups in total. The van der Waals surface area contributed by atoms with Crippen LogP contribution in [-0.2, 0) is 4.74 Å². The van der Waals surface area contributed by atoms with Gasteiger partial charge in [0.2, 0.25) is 0 Å². The first kappa shape index (κ1) is 22.0. The Labute approximate surface area is 165 Å². The molecule has 0 aromatic rings. The van der Waals surface area contributed by atoms with Gasteiger partial charge in [0.1, 0.15) is 0 Å². The van der Waals surface area contributed by atoms with Crippen molar-refractivity contribution in [1.82, 2.24) is 15.1 Å². The van der Waals surface area contributed by atoms with Crippen LogP contribution in [-0.4, -0.2) is 74.8 Å². The molecule has 0 aliphatic carbocycles. The molecule has 0 saturated carbocycles. The Morgan fingerprint density at radius 2 is 1.79 bits per heavy atom. The van der Waals surface area contributed by atoms with Crippen molar-refractivity contribution in [2.45, 2.75) is 40.0 Å². The minimum Gasteiger partial charge on any atom is -0.379 e. The van der Waals surface area contributed by atoms with Crippen molar-refractivity contribution in [3.05, 3.63) is 0 Å². The van der Waals surface area contributed by atoms with Crippen molar-refractivity contribution in [2.24, 2.45) is 16.8 Å². The van der Waals surface area contributed by atoms with Crippen LogP contribution in [0.5, 0.6) is 0 Å². The fourth-order valence-electron chi connectivity index (χ4n) is 3.72. The third kappa shape index (κ3) is 7.87. The van der Waals surface area contributed by atoms with Crippen LogP contribution in [0.15, 0.2) is 4.99 Å². The van der Waals surface area contributed by atoms with Crippen LogP contribution in [0.4, 0.5) is 0 Å². The fraction of sp³-hybridized carbons (Fsp3) is 0.944. The molecule has 2 aliphatic heterocycles. The van der Waals surface area contributed by atoms with Gasteiger partial charge in [-0.1, -0.05) is 13.8 Å². The van der Waals surface area contributed by atoms with Crippen LogP contribution in [0.25, 0.3) is 0 Å². The second kappa shape index (κ2) is 12.3. The van der Waals surface area contributed by atoms with E-state index in [1.54, 1.807) is 0 Å². The summed E-state index contributed by atoms with van der Waals surface area (Å²) in [4.78, 5) is 9.85. The standard InChI is InChI=1S/C18H36N4O.HI/c1-4-19-18(22-14-16(2)13-17(3)15-22)20-7-5-6-8-21-9-11-23-12-10-21;/h16-17H,4-15H2,1-3H3,(H,19,20);1H. The second-order valence-corrected chi connectivity index (χ2v) is 7.25. The van der Waals surface area contributed by atoms with Gasteiger partial charge in [-0.2, -0.15) is 0 Å². The van der Waals surface area contributed by atoms with Crippen LogP contribution in [0, 0.1) is 11.8 Å². The van der Waals surface area contributed by atoms with E-state index in [2.05, 4.69) is 35.9 Å². The van der Waals surface area contributed by atoms with E-state index in [0.717, 1.165) is 70.3 Å². The minimum absolute atomic E-state index is 0. The summed E-state index contributed by atoms with van der Waals surface area (Å²) in [6.45, 7) is 16.2. The lowest BCUT2D eigenvalue weighted by Crippen LogP contribution is -2.48. The predicted octanol–water partition coefficient (Wildman–Crippen LogP) is 2.66. The largest absolute Gasteiger partial charge is 0.379 e. The van der Waals surface area contributed by atoms with Crippen LogP contribution in [0.3, 0.4) is 0 Å². The summed E-state index contributed by atoms with van der Waals surface area (Å²) >= 11 is 0. The molecule has 2 rings (SSSR count). The number of hydrogen-bond acceptors (Lipinski definition) is 3. The number of likely N-dealkylation sites (tertiary alicyclic amines) is 1. The molecule has 0 bridgehead atoms. The zero-order chi connectivity index (χ0) is 16.5. The number of piperidine rings is 1. The van der Waals surface area contributed by atoms with E-state index in [1.807, 2.05) is 0 Å². The number of halogens is 1. The first-order valence-electron chi connectivity index (χ1n) is 9.52. The Morgan fingerprint density at radius 3 is 2.42 bits per heavy atom. The van der Waals surface area contributed by atoms with Crippen molar-refractivity contribution in [2.75, 3.05) is 59.0 Å². The molecule has 0 aromatic heterocycles. The van der Waals surface area contributed by atoms with Crippen molar-refractivity contribution in [1.29, 1.82) is 0 Å². The summed E-state index contributed by atoms with van der Waals surface area (Å²) in [5.74, 6) is 2.66. The van der Waals surface area contributed by atoms with Gasteiger partial charge in [-0.25, -0.2) is 0 Å².